The number of hydrogen-bond donors (Lipinski definition) is 1. The van der Waals surface area contributed by atoms with Crippen LogP contribution in [0.15, 0.2) is 24.3 Å². The molecule has 130 valence electrons. The Morgan fingerprint density at radius 2 is 2.25 bits per heavy atom. The first-order valence-electron chi connectivity index (χ1n) is 8.99. The van der Waals surface area contributed by atoms with Crippen LogP contribution in [0, 0.1) is 11.8 Å². The summed E-state index contributed by atoms with van der Waals surface area (Å²) in [5.74, 6) is 1.82. The van der Waals surface area contributed by atoms with Crippen molar-refractivity contribution in [1.82, 2.24) is 10.2 Å². The van der Waals surface area contributed by atoms with Gasteiger partial charge in [0.1, 0.15) is 5.75 Å². The van der Waals surface area contributed by atoms with Gasteiger partial charge in [0, 0.05) is 26.2 Å². The van der Waals surface area contributed by atoms with Crippen LogP contribution in [0.25, 0.3) is 0 Å². The first-order valence-corrected chi connectivity index (χ1v) is 8.99. The highest BCUT2D eigenvalue weighted by Gasteiger charge is 2.44. The van der Waals surface area contributed by atoms with E-state index in [2.05, 4.69) is 22.3 Å². The van der Waals surface area contributed by atoms with Crippen LogP contribution in [0.1, 0.15) is 24.8 Å². The van der Waals surface area contributed by atoms with E-state index < -0.39 is 0 Å². The molecule has 1 N–H and O–H groups in total. The average Bonchev–Trinajstić information content (AvgIpc) is 3.37. The van der Waals surface area contributed by atoms with Crippen LogP contribution in [-0.4, -0.2) is 49.8 Å². The number of morpholine rings is 1. The number of nitrogens with one attached hydrogen (secondary N) is 1. The van der Waals surface area contributed by atoms with Gasteiger partial charge in [-0.3, -0.25) is 9.69 Å². The van der Waals surface area contributed by atoms with Gasteiger partial charge in [-0.2, -0.15) is 0 Å². The van der Waals surface area contributed by atoms with Crippen LogP contribution in [0.5, 0.6) is 5.75 Å². The second-order valence-electron chi connectivity index (χ2n) is 7.37. The van der Waals surface area contributed by atoms with Crippen molar-refractivity contribution in [2.75, 3.05) is 26.7 Å². The fourth-order valence-electron chi connectivity index (χ4n) is 3.87. The molecule has 2 saturated heterocycles. The van der Waals surface area contributed by atoms with E-state index in [-0.39, 0.29) is 24.0 Å². The van der Waals surface area contributed by atoms with Crippen molar-refractivity contribution in [3.8, 4) is 5.75 Å². The van der Waals surface area contributed by atoms with Crippen LogP contribution in [0.3, 0.4) is 0 Å². The number of carbonyl (C=O) groups excluding carboxylic acids is 1. The summed E-state index contributed by atoms with van der Waals surface area (Å²) in [5, 5.41) is 3.12. The molecule has 3 aliphatic rings. The maximum atomic E-state index is 12.4. The number of benzene rings is 1. The van der Waals surface area contributed by atoms with Gasteiger partial charge in [-0.05, 0) is 42.9 Å². The number of methoxy groups -OCH3 is 1. The SMILES string of the molecule is COc1cccc(CN2C[C@H]3C[C@H](C(=O)NCC4CC4)[C@@H](C2)O3)c1. The highest BCUT2D eigenvalue weighted by Crippen LogP contribution is 2.33. The quantitative estimate of drug-likeness (QED) is 0.864. The van der Waals surface area contributed by atoms with Crippen molar-refractivity contribution in [3.63, 3.8) is 0 Å². The minimum Gasteiger partial charge on any atom is -0.497 e. The summed E-state index contributed by atoms with van der Waals surface area (Å²) in [4.78, 5) is 14.8. The Balaban J connectivity index is 1.34. The molecule has 2 aliphatic heterocycles. The monoisotopic (exact) mass is 330 g/mol. The molecule has 1 aromatic carbocycles. The van der Waals surface area contributed by atoms with Crippen molar-refractivity contribution in [1.29, 1.82) is 0 Å². The molecule has 5 heteroatoms. The van der Waals surface area contributed by atoms with E-state index in [0.717, 1.165) is 44.3 Å². The van der Waals surface area contributed by atoms with E-state index in [9.17, 15) is 4.79 Å². The molecule has 0 aromatic heterocycles. The van der Waals surface area contributed by atoms with Gasteiger partial charge in [0.15, 0.2) is 0 Å². The lowest BCUT2D eigenvalue weighted by Gasteiger charge is -2.32. The largest absolute Gasteiger partial charge is 0.497 e. The molecule has 0 radical (unpaired) electrons. The standard InChI is InChI=1S/C19H26N2O3/c1-23-15-4-2-3-14(7-15)10-21-11-16-8-17(18(12-21)24-16)19(22)20-9-13-5-6-13/h2-4,7,13,16-18H,5-6,8-12H2,1H3,(H,20,22)/t16-,17+,18-/m1/s1. The molecule has 1 aliphatic carbocycles. The summed E-state index contributed by atoms with van der Waals surface area (Å²) in [6, 6.07) is 8.20. The minimum absolute atomic E-state index is 0.0176. The van der Waals surface area contributed by atoms with Crippen molar-refractivity contribution in [2.24, 2.45) is 11.8 Å². The van der Waals surface area contributed by atoms with E-state index in [0.29, 0.717) is 0 Å². The summed E-state index contributed by atoms with van der Waals surface area (Å²) < 4.78 is 11.3. The van der Waals surface area contributed by atoms with Crippen LogP contribution in [0.4, 0.5) is 0 Å². The number of hydrogen-bond acceptors (Lipinski definition) is 4. The topological polar surface area (TPSA) is 50.8 Å². The molecule has 0 unspecified atom stereocenters. The third kappa shape index (κ3) is 3.57. The Morgan fingerprint density at radius 3 is 3.04 bits per heavy atom. The van der Waals surface area contributed by atoms with E-state index in [1.807, 2.05) is 12.1 Å². The van der Waals surface area contributed by atoms with E-state index in [1.54, 1.807) is 7.11 Å². The Kier molecular flexibility index (Phi) is 4.46. The number of nitrogens with zero attached hydrogens (tertiary/aromatic N) is 1. The highest BCUT2D eigenvalue weighted by molar-refractivity contribution is 5.79. The third-order valence-corrected chi connectivity index (χ3v) is 5.37. The maximum absolute atomic E-state index is 12.4. The predicted molar refractivity (Wildman–Crippen MR) is 90.8 cm³/mol. The molecular weight excluding hydrogens is 304 g/mol. The van der Waals surface area contributed by atoms with E-state index in [4.69, 9.17) is 9.47 Å². The lowest BCUT2D eigenvalue weighted by molar-refractivity contribution is -0.128. The van der Waals surface area contributed by atoms with Crippen molar-refractivity contribution < 1.29 is 14.3 Å². The fourth-order valence-corrected chi connectivity index (χ4v) is 3.87. The summed E-state index contributed by atoms with van der Waals surface area (Å²) in [5.41, 5.74) is 1.24. The predicted octanol–water partition coefficient (Wildman–Crippen LogP) is 1.81. The summed E-state index contributed by atoms with van der Waals surface area (Å²) in [7, 11) is 1.69. The van der Waals surface area contributed by atoms with Crippen molar-refractivity contribution in [2.45, 2.75) is 38.0 Å². The molecule has 24 heavy (non-hydrogen) atoms. The molecule has 0 spiro atoms. The lowest BCUT2D eigenvalue weighted by Crippen LogP contribution is -2.45. The number of rotatable bonds is 6. The van der Waals surface area contributed by atoms with Gasteiger partial charge in [-0.15, -0.1) is 0 Å². The fraction of sp³-hybridized carbons (Fsp3) is 0.632. The van der Waals surface area contributed by atoms with Crippen molar-refractivity contribution >= 4 is 5.91 Å². The molecule has 1 aromatic rings. The number of fused-ring (bicyclic) bond motifs is 2. The highest BCUT2D eigenvalue weighted by atomic mass is 16.5. The Bertz CT molecular complexity index is 602. The molecule has 1 saturated carbocycles. The molecule has 4 rings (SSSR count). The van der Waals surface area contributed by atoms with Gasteiger partial charge >= 0.3 is 0 Å². The zero-order valence-electron chi connectivity index (χ0n) is 14.2. The van der Waals surface area contributed by atoms with Gasteiger partial charge in [-0.1, -0.05) is 12.1 Å². The molecule has 3 fully saturated rings. The first kappa shape index (κ1) is 15.9. The Labute approximate surface area is 143 Å². The van der Waals surface area contributed by atoms with E-state index >= 15 is 0 Å². The zero-order valence-corrected chi connectivity index (χ0v) is 14.2. The number of ether oxygens (including phenoxy) is 2. The summed E-state index contributed by atoms with van der Waals surface area (Å²) in [6.07, 6.45) is 3.61. The molecular formula is C19H26N2O3. The summed E-state index contributed by atoms with van der Waals surface area (Å²) in [6.45, 7) is 3.46. The van der Waals surface area contributed by atoms with Gasteiger partial charge in [0.25, 0.3) is 0 Å². The van der Waals surface area contributed by atoms with Gasteiger partial charge in [0.05, 0.1) is 25.2 Å². The van der Waals surface area contributed by atoms with Crippen LogP contribution in [0.2, 0.25) is 0 Å². The summed E-state index contributed by atoms with van der Waals surface area (Å²) >= 11 is 0. The minimum atomic E-state index is 0.0176. The molecule has 3 atom stereocenters. The van der Waals surface area contributed by atoms with Gasteiger partial charge in [0.2, 0.25) is 5.91 Å². The number of amides is 1. The Hall–Kier alpha value is -1.59. The molecule has 2 heterocycles. The van der Waals surface area contributed by atoms with Crippen molar-refractivity contribution in [3.05, 3.63) is 29.8 Å². The Morgan fingerprint density at radius 1 is 1.38 bits per heavy atom. The molecule has 2 bridgehead atoms. The molecule has 1 amide bonds. The second-order valence-corrected chi connectivity index (χ2v) is 7.37. The smallest absolute Gasteiger partial charge is 0.225 e. The molecule has 5 nitrogen and oxygen atoms in total. The average molecular weight is 330 g/mol. The first-order chi connectivity index (χ1) is 11.7. The normalized spacial score (nSPS) is 29.5. The number of likely N-dealkylation sites (tertiary alicyclic amines) is 1. The van der Waals surface area contributed by atoms with Crippen LogP contribution < -0.4 is 10.1 Å². The second kappa shape index (κ2) is 6.73. The van der Waals surface area contributed by atoms with Crippen LogP contribution in [-0.2, 0) is 16.1 Å². The van der Waals surface area contributed by atoms with Crippen LogP contribution >= 0.6 is 0 Å². The van der Waals surface area contributed by atoms with E-state index in [1.165, 1.54) is 18.4 Å². The lowest BCUT2D eigenvalue weighted by atomic mass is 9.99. The third-order valence-electron chi connectivity index (χ3n) is 5.37. The zero-order chi connectivity index (χ0) is 16.5. The number of carbonyl (C=O) groups is 1. The maximum Gasteiger partial charge on any atom is 0.225 e. The van der Waals surface area contributed by atoms with Gasteiger partial charge in [-0.25, -0.2) is 0 Å². The van der Waals surface area contributed by atoms with Gasteiger partial charge < -0.3 is 14.8 Å².